The summed E-state index contributed by atoms with van der Waals surface area (Å²) in [5.41, 5.74) is 0.851. The Kier molecular flexibility index (Phi) is 4.95. The van der Waals surface area contributed by atoms with E-state index in [1.54, 1.807) is 18.2 Å². The van der Waals surface area contributed by atoms with Crippen LogP contribution >= 0.6 is 11.6 Å². The first-order valence-corrected chi connectivity index (χ1v) is 8.29. The van der Waals surface area contributed by atoms with Gasteiger partial charge in [0, 0.05) is 5.69 Å². The van der Waals surface area contributed by atoms with E-state index in [1.165, 1.54) is 7.11 Å². The number of amides is 1. The van der Waals surface area contributed by atoms with E-state index in [-0.39, 0.29) is 12.6 Å². The predicted molar refractivity (Wildman–Crippen MR) is 94.9 cm³/mol. The molecule has 25 heavy (non-hydrogen) atoms. The summed E-state index contributed by atoms with van der Waals surface area (Å²) in [4.78, 5) is 24.4. The second-order valence-electron chi connectivity index (χ2n) is 5.92. The monoisotopic (exact) mass is 359 g/mol. The van der Waals surface area contributed by atoms with Crippen molar-refractivity contribution in [1.82, 2.24) is 0 Å². The number of benzene rings is 2. The highest BCUT2D eigenvalue weighted by molar-refractivity contribution is 6.32. The molecule has 5 nitrogen and oxygen atoms in total. The molecular formula is C19H18ClNO4. The minimum Gasteiger partial charge on any atom is -0.495 e. The van der Waals surface area contributed by atoms with Crippen molar-refractivity contribution < 1.29 is 19.1 Å². The van der Waals surface area contributed by atoms with E-state index in [0.717, 1.165) is 18.4 Å². The van der Waals surface area contributed by atoms with Crippen molar-refractivity contribution in [3.8, 4) is 5.75 Å². The third-order valence-corrected chi connectivity index (χ3v) is 4.53. The largest absolute Gasteiger partial charge is 0.495 e. The maximum atomic E-state index is 12.4. The fourth-order valence-corrected chi connectivity index (χ4v) is 2.96. The molecule has 2 aromatic rings. The number of anilines is 1. The highest BCUT2D eigenvalue weighted by atomic mass is 35.5. The van der Waals surface area contributed by atoms with Crippen LogP contribution in [0, 0.1) is 0 Å². The average molecular weight is 360 g/mol. The van der Waals surface area contributed by atoms with Gasteiger partial charge in [0.05, 0.1) is 17.5 Å². The molecule has 3 rings (SSSR count). The van der Waals surface area contributed by atoms with Gasteiger partial charge in [0.2, 0.25) is 0 Å². The topological polar surface area (TPSA) is 64.6 Å². The molecule has 1 aliphatic rings. The van der Waals surface area contributed by atoms with Crippen LogP contribution in [0.3, 0.4) is 0 Å². The maximum absolute atomic E-state index is 12.4. The van der Waals surface area contributed by atoms with Crippen molar-refractivity contribution >= 4 is 29.2 Å². The molecule has 1 aliphatic carbocycles. The van der Waals surface area contributed by atoms with Gasteiger partial charge < -0.3 is 14.8 Å². The molecule has 0 aromatic heterocycles. The Morgan fingerprint density at radius 2 is 1.88 bits per heavy atom. The normalized spacial score (nSPS) is 14.5. The summed E-state index contributed by atoms with van der Waals surface area (Å²) >= 11 is 6.01. The number of halogens is 1. The van der Waals surface area contributed by atoms with Crippen LogP contribution in [0.4, 0.5) is 5.69 Å². The second kappa shape index (κ2) is 7.15. The number of ether oxygens (including phenoxy) is 2. The second-order valence-corrected chi connectivity index (χ2v) is 6.33. The lowest BCUT2D eigenvalue weighted by molar-refractivity contribution is -0.150. The van der Waals surface area contributed by atoms with Gasteiger partial charge >= 0.3 is 5.97 Å². The molecule has 0 heterocycles. The first-order valence-electron chi connectivity index (χ1n) is 7.91. The third-order valence-electron chi connectivity index (χ3n) is 4.24. The Bertz CT molecular complexity index is 787. The maximum Gasteiger partial charge on any atom is 0.317 e. The van der Waals surface area contributed by atoms with Gasteiger partial charge in [-0.05, 0) is 36.6 Å². The lowest BCUT2D eigenvalue weighted by Gasteiger charge is -2.15. The number of hydrogen-bond donors (Lipinski definition) is 1. The number of hydrogen-bond acceptors (Lipinski definition) is 4. The molecule has 0 unspecified atom stereocenters. The summed E-state index contributed by atoms with van der Waals surface area (Å²) in [6.07, 6.45) is 1.48. The molecular weight excluding hydrogens is 342 g/mol. The third kappa shape index (κ3) is 3.77. The average Bonchev–Trinajstić information content (AvgIpc) is 3.43. The van der Waals surface area contributed by atoms with E-state index in [9.17, 15) is 9.59 Å². The van der Waals surface area contributed by atoms with Crippen LogP contribution in [0.1, 0.15) is 18.4 Å². The van der Waals surface area contributed by atoms with Gasteiger partial charge in [-0.25, -0.2) is 0 Å². The molecule has 0 bridgehead atoms. The fourth-order valence-electron chi connectivity index (χ4n) is 2.70. The summed E-state index contributed by atoms with van der Waals surface area (Å²) in [5.74, 6) is -0.260. The summed E-state index contributed by atoms with van der Waals surface area (Å²) < 4.78 is 10.3. The quantitative estimate of drug-likeness (QED) is 0.801. The Balaban J connectivity index is 1.56. The smallest absolute Gasteiger partial charge is 0.317 e. The number of carbonyl (C=O) groups is 2. The molecule has 1 saturated carbocycles. The number of esters is 1. The summed E-state index contributed by atoms with van der Waals surface area (Å²) in [6.45, 7) is -0.336. The molecule has 0 aliphatic heterocycles. The minimum absolute atomic E-state index is 0.336. The molecule has 0 atom stereocenters. The van der Waals surface area contributed by atoms with Gasteiger partial charge in [0.1, 0.15) is 5.75 Å². The van der Waals surface area contributed by atoms with Crippen LogP contribution in [0.15, 0.2) is 48.5 Å². The van der Waals surface area contributed by atoms with Crippen LogP contribution in [0.5, 0.6) is 5.75 Å². The van der Waals surface area contributed by atoms with Crippen LogP contribution in [-0.2, 0) is 19.7 Å². The van der Waals surface area contributed by atoms with Crippen molar-refractivity contribution in [2.24, 2.45) is 0 Å². The van der Waals surface area contributed by atoms with Crippen LogP contribution in [0.25, 0.3) is 0 Å². The summed E-state index contributed by atoms with van der Waals surface area (Å²) in [7, 11) is 1.51. The lowest BCUT2D eigenvalue weighted by atomic mass is 9.96. The predicted octanol–water partition coefficient (Wildman–Crippen LogP) is 3.56. The number of methoxy groups -OCH3 is 1. The zero-order valence-electron chi connectivity index (χ0n) is 13.8. The SMILES string of the molecule is COc1ccc(NC(=O)COC(=O)C2(c3ccccc3)CC2)cc1Cl. The van der Waals surface area contributed by atoms with Crippen molar-refractivity contribution in [3.63, 3.8) is 0 Å². The van der Waals surface area contributed by atoms with Gasteiger partial charge in [-0.15, -0.1) is 0 Å². The Hall–Kier alpha value is -2.53. The van der Waals surface area contributed by atoms with Crippen molar-refractivity contribution in [3.05, 3.63) is 59.1 Å². The highest BCUT2D eigenvalue weighted by Crippen LogP contribution is 2.49. The van der Waals surface area contributed by atoms with E-state index < -0.39 is 11.3 Å². The summed E-state index contributed by atoms with van der Waals surface area (Å²) in [6, 6.07) is 14.4. The standard InChI is InChI=1S/C19H18ClNO4/c1-24-16-8-7-14(11-15(16)20)21-17(22)12-25-18(23)19(9-10-19)13-5-3-2-4-6-13/h2-8,11H,9-10,12H2,1H3,(H,21,22). The Morgan fingerprint density at radius 1 is 1.16 bits per heavy atom. The molecule has 1 N–H and O–H groups in total. The van der Waals surface area contributed by atoms with Gasteiger partial charge in [-0.2, -0.15) is 0 Å². The van der Waals surface area contributed by atoms with E-state index in [0.29, 0.717) is 16.5 Å². The van der Waals surface area contributed by atoms with Crippen molar-refractivity contribution in [1.29, 1.82) is 0 Å². The van der Waals surface area contributed by atoms with Crippen LogP contribution in [-0.4, -0.2) is 25.6 Å². The summed E-state index contributed by atoms with van der Waals surface area (Å²) in [5, 5.41) is 3.03. The molecule has 0 spiro atoms. The molecule has 0 saturated heterocycles. The van der Waals surface area contributed by atoms with Crippen LogP contribution in [0.2, 0.25) is 5.02 Å². The fraction of sp³-hybridized carbons (Fsp3) is 0.263. The van der Waals surface area contributed by atoms with Crippen molar-refractivity contribution in [2.75, 3.05) is 19.0 Å². The van der Waals surface area contributed by atoms with Crippen LogP contribution < -0.4 is 10.1 Å². The number of carbonyl (C=O) groups excluding carboxylic acids is 2. The molecule has 0 radical (unpaired) electrons. The van der Waals surface area contributed by atoms with E-state index in [4.69, 9.17) is 21.1 Å². The Morgan fingerprint density at radius 3 is 2.48 bits per heavy atom. The van der Waals surface area contributed by atoms with Crippen molar-refractivity contribution in [2.45, 2.75) is 18.3 Å². The zero-order valence-corrected chi connectivity index (χ0v) is 14.5. The first-order chi connectivity index (χ1) is 12.0. The van der Waals surface area contributed by atoms with E-state index >= 15 is 0 Å². The molecule has 130 valence electrons. The molecule has 2 aromatic carbocycles. The zero-order chi connectivity index (χ0) is 17.9. The van der Waals surface area contributed by atoms with Gasteiger partial charge in [0.15, 0.2) is 6.61 Å². The van der Waals surface area contributed by atoms with Gasteiger partial charge in [-0.1, -0.05) is 41.9 Å². The Labute approximate surface area is 150 Å². The number of rotatable bonds is 6. The van der Waals surface area contributed by atoms with E-state index in [1.807, 2.05) is 30.3 Å². The van der Waals surface area contributed by atoms with Gasteiger partial charge in [-0.3, -0.25) is 9.59 Å². The number of nitrogens with one attached hydrogen (secondary N) is 1. The lowest BCUT2D eigenvalue weighted by Crippen LogP contribution is -2.28. The molecule has 6 heteroatoms. The van der Waals surface area contributed by atoms with E-state index in [2.05, 4.69) is 5.32 Å². The molecule has 1 fully saturated rings. The van der Waals surface area contributed by atoms with Gasteiger partial charge in [0.25, 0.3) is 5.91 Å². The minimum atomic E-state index is -0.592. The first kappa shape index (κ1) is 17.3. The molecule has 1 amide bonds. The highest BCUT2D eigenvalue weighted by Gasteiger charge is 2.52.